The summed E-state index contributed by atoms with van der Waals surface area (Å²) in [5.74, 6) is -8.11. The number of carbonyl (C=O) groups excluding carboxylic acids is 11. The predicted molar refractivity (Wildman–Crippen MR) is 344 cm³/mol. The fourth-order valence-corrected chi connectivity index (χ4v) is 12.8. The van der Waals surface area contributed by atoms with Gasteiger partial charge in [0.05, 0.1) is 30.2 Å². The number of amides is 11. The number of nitrogens with one attached hydrogen (secondary N) is 3. The zero-order chi connectivity index (χ0) is 69.0. The largest absolute Gasteiger partial charge is 0.417 e. The van der Waals surface area contributed by atoms with Crippen molar-refractivity contribution >= 4 is 92.5 Å². The molecule has 0 radical (unpaired) electrons. The lowest BCUT2D eigenvalue weighted by Gasteiger charge is -2.41. The molecule has 2 aromatic rings. The first kappa shape index (κ1) is 75.9. The van der Waals surface area contributed by atoms with Crippen LogP contribution in [0.1, 0.15) is 129 Å². The van der Waals surface area contributed by atoms with Crippen molar-refractivity contribution in [1.29, 1.82) is 0 Å². The van der Waals surface area contributed by atoms with E-state index in [9.17, 15) is 56.3 Å². The highest BCUT2D eigenvalue weighted by molar-refractivity contribution is 9.10. The summed E-state index contributed by atoms with van der Waals surface area (Å²) in [6.45, 7) is 10.8. The summed E-state index contributed by atoms with van der Waals surface area (Å²) in [6, 6.07) is 2.10. The minimum atomic E-state index is -4.76. The van der Waals surface area contributed by atoms with Crippen LogP contribution in [0.4, 0.5) is 13.2 Å². The summed E-state index contributed by atoms with van der Waals surface area (Å²) in [5.41, 5.74) is -1.68. The van der Waals surface area contributed by atoms with Crippen LogP contribution in [0, 0.1) is 17.8 Å². The molecule has 27 heteroatoms. The molecular formula is C65H94BrClF3N11O11. The van der Waals surface area contributed by atoms with Gasteiger partial charge >= 0.3 is 6.18 Å². The molecule has 1 spiro atoms. The molecule has 5 rings (SSSR count). The highest BCUT2D eigenvalue weighted by Crippen LogP contribution is 2.37. The van der Waals surface area contributed by atoms with E-state index in [1.165, 1.54) is 75.0 Å². The van der Waals surface area contributed by atoms with Crippen LogP contribution in [0.2, 0.25) is 5.02 Å². The molecule has 2 saturated heterocycles. The predicted octanol–water partition coefficient (Wildman–Crippen LogP) is 5.54. The van der Waals surface area contributed by atoms with E-state index in [1.807, 2.05) is 20.8 Å². The van der Waals surface area contributed by atoms with Gasteiger partial charge in [-0.15, -0.1) is 0 Å². The number of nitrogens with zero attached hydrogens (tertiary/aromatic N) is 8. The van der Waals surface area contributed by atoms with E-state index < -0.39 is 161 Å². The van der Waals surface area contributed by atoms with Crippen molar-refractivity contribution < 1.29 is 65.9 Å². The van der Waals surface area contributed by atoms with Crippen LogP contribution in [0.15, 0.2) is 46.9 Å². The van der Waals surface area contributed by atoms with Gasteiger partial charge in [0.25, 0.3) is 0 Å². The Bertz CT molecular complexity index is 3020. The van der Waals surface area contributed by atoms with Gasteiger partial charge in [-0.05, 0) is 105 Å². The minimum absolute atomic E-state index is 0.0410. The number of carbonyl (C=O) groups is 11. The lowest BCUT2D eigenvalue weighted by atomic mass is 9.91. The number of rotatable bonds is 10. The molecule has 11 amide bonds. The van der Waals surface area contributed by atoms with Gasteiger partial charge in [0.1, 0.15) is 41.8 Å². The van der Waals surface area contributed by atoms with Crippen molar-refractivity contribution in [3.63, 3.8) is 0 Å². The monoisotopic (exact) mass is 1380 g/mol. The van der Waals surface area contributed by atoms with Crippen molar-refractivity contribution in [2.75, 3.05) is 75.5 Å². The molecule has 0 bridgehead atoms. The molecule has 2 heterocycles. The summed E-state index contributed by atoms with van der Waals surface area (Å²) >= 11 is 9.52. The fraction of sp³-hybridized carbons (Fsp3) is 0.646. The van der Waals surface area contributed by atoms with E-state index in [0.717, 1.165) is 36.2 Å². The van der Waals surface area contributed by atoms with Gasteiger partial charge < -0.3 is 55.1 Å². The van der Waals surface area contributed by atoms with Crippen LogP contribution in [0.25, 0.3) is 0 Å². The molecule has 2 aromatic carbocycles. The zero-order valence-electron chi connectivity index (χ0n) is 55.6. The van der Waals surface area contributed by atoms with Crippen LogP contribution < -0.4 is 16.0 Å². The van der Waals surface area contributed by atoms with Crippen molar-refractivity contribution in [1.82, 2.24) is 55.1 Å². The molecule has 3 fully saturated rings. The number of benzene rings is 2. The van der Waals surface area contributed by atoms with Crippen LogP contribution in [-0.4, -0.2) is 228 Å². The molecule has 1 saturated carbocycles. The normalized spacial score (nSPS) is 24.9. The molecular weight excluding hydrogens is 1280 g/mol. The number of aryl methyl sites for hydroxylation is 1. The van der Waals surface area contributed by atoms with Gasteiger partial charge in [-0.1, -0.05) is 107 Å². The number of fused-ring (bicyclic) bond motifs is 1. The summed E-state index contributed by atoms with van der Waals surface area (Å²) < 4.78 is 42.1. The number of likely N-dealkylation sites (N-methyl/N-ethyl adjacent to an activating group) is 7. The fourth-order valence-electron chi connectivity index (χ4n) is 12.3. The minimum Gasteiger partial charge on any atom is -0.343 e. The molecule has 22 nitrogen and oxygen atoms in total. The third kappa shape index (κ3) is 19.2. The third-order valence-corrected chi connectivity index (χ3v) is 19.1. The zero-order valence-corrected chi connectivity index (χ0v) is 57.9. The van der Waals surface area contributed by atoms with E-state index in [1.54, 1.807) is 52.0 Å². The third-order valence-electron chi connectivity index (χ3n) is 18.3. The first-order valence-electron chi connectivity index (χ1n) is 31.6. The molecule has 1 unspecified atom stereocenters. The Hall–Kier alpha value is -6.83. The van der Waals surface area contributed by atoms with Crippen LogP contribution in [0.5, 0.6) is 0 Å². The average molecular weight is 1380 g/mol. The molecule has 8 atom stereocenters. The van der Waals surface area contributed by atoms with E-state index >= 15 is 9.59 Å². The van der Waals surface area contributed by atoms with Crippen molar-refractivity contribution in [2.24, 2.45) is 17.8 Å². The maximum atomic E-state index is 15.1. The molecule has 3 aliphatic rings. The first-order valence-corrected chi connectivity index (χ1v) is 32.7. The molecule has 92 heavy (non-hydrogen) atoms. The van der Waals surface area contributed by atoms with E-state index in [4.69, 9.17) is 11.6 Å². The summed E-state index contributed by atoms with van der Waals surface area (Å²) in [5, 5.41) is 8.03. The Kier molecular flexibility index (Phi) is 27.1. The standard InChI is InChI=1S/C65H94BrClF3N11O11/c1-15-40(6)55-61(90)76(10)36-53(84)74(8)37-54(85)79(13)50(34-43-20-24-44(66)25-21-43)60(89)75(9)35-51(82)71-47(27-23-42-22-26-45(46(67)33-42)65(68,69)70)59(88)81-30-18-19-48(81)58(87)73-64(28-16-17-29-64)63(92)80(14)56(39(4)5)62(91)77(11)41(7)32-52(83)78(12)49(31-38(2)3)57(86)72-55/h20-22,24-26,33,38-41,47-50,55-56H,15-19,23,27-32,34-37H2,1-14H3,(H,71,82)(H,72,86)(H,73,87)/t40-,41+,47-,48?,49-,50-,55-,56-/m0/s1. The highest BCUT2D eigenvalue weighted by atomic mass is 79.9. The first-order chi connectivity index (χ1) is 42.9. The Morgan fingerprint density at radius 1 is 0.663 bits per heavy atom. The maximum Gasteiger partial charge on any atom is 0.417 e. The van der Waals surface area contributed by atoms with Crippen molar-refractivity contribution in [3.8, 4) is 0 Å². The second-order valence-corrected chi connectivity index (χ2v) is 27.4. The van der Waals surface area contributed by atoms with E-state index in [0.29, 0.717) is 36.8 Å². The number of halogens is 5. The summed E-state index contributed by atoms with van der Waals surface area (Å²) in [4.78, 5) is 170. The molecule has 2 aliphatic heterocycles. The van der Waals surface area contributed by atoms with Crippen LogP contribution >= 0.6 is 27.5 Å². The molecule has 3 N–H and O–H groups in total. The van der Waals surface area contributed by atoms with Crippen LogP contribution in [0.3, 0.4) is 0 Å². The van der Waals surface area contributed by atoms with Crippen LogP contribution in [-0.2, 0) is 71.8 Å². The van der Waals surface area contributed by atoms with Gasteiger partial charge in [-0.2, -0.15) is 13.2 Å². The second-order valence-electron chi connectivity index (χ2n) is 26.1. The number of alkyl halides is 3. The topological polar surface area (TPSA) is 250 Å². The second kappa shape index (κ2) is 32.8. The van der Waals surface area contributed by atoms with E-state index in [2.05, 4.69) is 31.9 Å². The lowest BCUT2D eigenvalue weighted by molar-refractivity contribution is -0.152. The lowest BCUT2D eigenvalue weighted by Crippen LogP contribution is -2.64. The Morgan fingerprint density at radius 3 is 1.83 bits per heavy atom. The van der Waals surface area contributed by atoms with Gasteiger partial charge in [0.2, 0.25) is 65.0 Å². The SMILES string of the molecule is CC[C@H](C)[C@@H]1NC(=O)[C@H](CC(C)C)N(C)C(=O)C[C@@H](C)N(C)C(=O)[C@H](C(C)C)N(C)C(=O)C2(CCCC2)NC(=O)C2CCCN2C(=O)[C@H](CCc2ccc(C(F)(F)F)c(Cl)c2)NC(=O)CN(C)C(=O)[C@H](Cc2ccc(Br)cc2)N(C)C(=O)CN(C)C(=O)CN(C)C1=O. The average Bonchev–Trinajstić information content (AvgIpc) is 1.50. The summed E-state index contributed by atoms with van der Waals surface area (Å²) in [6.07, 6.45) is -2.76. The van der Waals surface area contributed by atoms with Gasteiger partial charge in [-0.25, -0.2) is 0 Å². The van der Waals surface area contributed by atoms with Gasteiger partial charge in [-0.3, -0.25) is 52.7 Å². The Morgan fingerprint density at radius 2 is 1.25 bits per heavy atom. The van der Waals surface area contributed by atoms with Crippen molar-refractivity contribution in [2.45, 2.75) is 180 Å². The number of hydrogen-bond acceptors (Lipinski definition) is 11. The maximum absolute atomic E-state index is 15.1. The summed E-state index contributed by atoms with van der Waals surface area (Å²) in [7, 11) is 9.91. The quantitative estimate of drug-likeness (QED) is 0.266. The number of hydrogen-bond donors (Lipinski definition) is 3. The van der Waals surface area contributed by atoms with Gasteiger partial charge in [0.15, 0.2) is 0 Å². The van der Waals surface area contributed by atoms with Crippen molar-refractivity contribution in [3.05, 3.63) is 68.7 Å². The van der Waals surface area contributed by atoms with Gasteiger partial charge in [0, 0.05) is 79.2 Å². The van der Waals surface area contributed by atoms with E-state index in [-0.39, 0.29) is 63.8 Å². The Labute approximate surface area is 552 Å². The Balaban J connectivity index is 1.57. The molecule has 0 aromatic heterocycles. The molecule has 510 valence electrons. The highest BCUT2D eigenvalue weighted by Gasteiger charge is 2.50. The molecule has 1 aliphatic carbocycles. The smallest absolute Gasteiger partial charge is 0.343 e.